The van der Waals surface area contributed by atoms with Crippen molar-refractivity contribution in [2.24, 2.45) is 5.92 Å². The van der Waals surface area contributed by atoms with Gasteiger partial charge in [0.15, 0.2) is 0 Å². The molecule has 0 unspecified atom stereocenters. The number of hydrogen-bond acceptors (Lipinski definition) is 3. The molecule has 1 aliphatic heterocycles. The molecule has 1 aromatic carbocycles. The smallest absolute Gasteiger partial charge is 0.253 e. The molecule has 1 fully saturated rings. The summed E-state index contributed by atoms with van der Waals surface area (Å²) in [6, 6.07) is 7.08. The molecule has 0 bridgehead atoms. The van der Waals surface area contributed by atoms with Gasteiger partial charge in [0, 0.05) is 37.3 Å². The van der Waals surface area contributed by atoms with Gasteiger partial charge in [0.1, 0.15) is 0 Å². The first-order valence-corrected chi connectivity index (χ1v) is 8.93. The summed E-state index contributed by atoms with van der Waals surface area (Å²) in [5.41, 5.74) is 1.31. The fraction of sp³-hybridized carbons (Fsp3) is 0.579. The summed E-state index contributed by atoms with van der Waals surface area (Å²) in [4.78, 5) is 28.6. The quantitative estimate of drug-likeness (QED) is 0.841. The lowest BCUT2D eigenvalue weighted by atomic mass is 9.96. The number of halogens is 1. The third-order valence-corrected chi connectivity index (χ3v) is 4.82. The van der Waals surface area contributed by atoms with Crippen molar-refractivity contribution >= 4 is 24.2 Å². The molecule has 1 heterocycles. The van der Waals surface area contributed by atoms with Crippen LogP contribution in [0.15, 0.2) is 24.3 Å². The third kappa shape index (κ3) is 5.44. The van der Waals surface area contributed by atoms with Crippen LogP contribution in [0.1, 0.15) is 47.4 Å². The zero-order valence-corrected chi connectivity index (χ0v) is 16.3. The average molecular weight is 368 g/mol. The second kappa shape index (κ2) is 10.4. The van der Waals surface area contributed by atoms with E-state index in [9.17, 15) is 9.59 Å². The average Bonchev–Trinajstić information content (AvgIpc) is 2.63. The minimum atomic E-state index is 0. The van der Waals surface area contributed by atoms with Crippen LogP contribution in [-0.2, 0) is 0 Å². The second-order valence-electron chi connectivity index (χ2n) is 6.35. The maximum atomic E-state index is 12.6. The highest BCUT2D eigenvalue weighted by Crippen LogP contribution is 2.19. The van der Waals surface area contributed by atoms with Gasteiger partial charge < -0.3 is 15.1 Å². The largest absolute Gasteiger partial charge is 0.339 e. The van der Waals surface area contributed by atoms with E-state index in [1.807, 2.05) is 25.8 Å². The van der Waals surface area contributed by atoms with E-state index in [1.165, 1.54) is 0 Å². The molecule has 2 amide bonds. The Morgan fingerprint density at radius 1 is 1.08 bits per heavy atom. The van der Waals surface area contributed by atoms with Crippen molar-refractivity contribution in [1.29, 1.82) is 0 Å². The minimum absolute atomic E-state index is 0. The van der Waals surface area contributed by atoms with Gasteiger partial charge in [-0.25, -0.2) is 0 Å². The van der Waals surface area contributed by atoms with Gasteiger partial charge in [0.2, 0.25) is 0 Å². The molecule has 0 aliphatic carbocycles. The number of nitrogens with one attached hydrogen (secondary N) is 1. The zero-order valence-electron chi connectivity index (χ0n) is 15.5. The van der Waals surface area contributed by atoms with Crippen molar-refractivity contribution in [1.82, 2.24) is 15.1 Å². The zero-order chi connectivity index (χ0) is 17.5. The van der Waals surface area contributed by atoms with Crippen LogP contribution in [-0.4, -0.2) is 61.4 Å². The maximum absolute atomic E-state index is 12.6. The summed E-state index contributed by atoms with van der Waals surface area (Å²) in [6.07, 6.45) is 2.09. The highest BCUT2D eigenvalue weighted by Gasteiger charge is 2.23. The van der Waals surface area contributed by atoms with Gasteiger partial charge in [-0.1, -0.05) is 0 Å². The molecule has 2 rings (SSSR count). The number of benzene rings is 1. The number of likely N-dealkylation sites (tertiary alicyclic amines) is 1. The molecule has 1 N–H and O–H groups in total. The molecule has 6 heteroatoms. The topological polar surface area (TPSA) is 52.7 Å². The lowest BCUT2D eigenvalue weighted by molar-refractivity contribution is 0.0689. The van der Waals surface area contributed by atoms with Gasteiger partial charge in [-0.2, -0.15) is 0 Å². The van der Waals surface area contributed by atoms with Crippen LogP contribution in [0.25, 0.3) is 0 Å². The predicted octanol–water partition coefficient (Wildman–Crippen LogP) is 2.66. The predicted molar refractivity (Wildman–Crippen MR) is 103 cm³/mol. The molecule has 0 radical (unpaired) electrons. The number of hydrogen-bond donors (Lipinski definition) is 1. The Hall–Kier alpha value is -1.59. The number of nitrogens with zero attached hydrogens (tertiary/aromatic N) is 2. The Labute approximate surface area is 157 Å². The normalized spacial score (nSPS) is 14.8. The van der Waals surface area contributed by atoms with Crippen molar-refractivity contribution < 1.29 is 9.59 Å². The van der Waals surface area contributed by atoms with Crippen LogP contribution < -0.4 is 5.32 Å². The molecule has 0 aromatic heterocycles. The van der Waals surface area contributed by atoms with Crippen LogP contribution >= 0.6 is 12.4 Å². The highest BCUT2D eigenvalue weighted by molar-refractivity contribution is 5.97. The molecule has 0 atom stereocenters. The fourth-order valence-corrected chi connectivity index (χ4v) is 3.26. The minimum Gasteiger partial charge on any atom is -0.339 e. The molecule has 0 spiro atoms. The van der Waals surface area contributed by atoms with E-state index in [1.54, 1.807) is 29.2 Å². The molecule has 1 saturated heterocycles. The van der Waals surface area contributed by atoms with Gasteiger partial charge in [-0.3, -0.25) is 9.59 Å². The summed E-state index contributed by atoms with van der Waals surface area (Å²) in [5.74, 6) is 0.750. The van der Waals surface area contributed by atoms with Gasteiger partial charge in [0.05, 0.1) is 0 Å². The first-order valence-electron chi connectivity index (χ1n) is 8.93. The number of rotatable bonds is 6. The lowest BCUT2D eigenvalue weighted by Gasteiger charge is -2.32. The summed E-state index contributed by atoms with van der Waals surface area (Å²) in [5, 5.41) is 3.21. The molecule has 5 nitrogen and oxygen atoms in total. The van der Waals surface area contributed by atoms with Crippen LogP contribution in [0.2, 0.25) is 0 Å². The summed E-state index contributed by atoms with van der Waals surface area (Å²) < 4.78 is 0. The second-order valence-corrected chi connectivity index (χ2v) is 6.35. The summed E-state index contributed by atoms with van der Waals surface area (Å²) in [7, 11) is 1.97. The van der Waals surface area contributed by atoms with E-state index in [0.29, 0.717) is 30.1 Å². The van der Waals surface area contributed by atoms with E-state index < -0.39 is 0 Å². The lowest BCUT2D eigenvalue weighted by Crippen LogP contribution is -2.40. The fourth-order valence-electron chi connectivity index (χ4n) is 3.26. The van der Waals surface area contributed by atoms with E-state index in [2.05, 4.69) is 5.32 Å². The van der Waals surface area contributed by atoms with Gasteiger partial charge in [0.25, 0.3) is 11.8 Å². The number of carbonyl (C=O) groups is 2. The van der Waals surface area contributed by atoms with Gasteiger partial charge in [-0.05, 0) is 70.5 Å². The Morgan fingerprint density at radius 2 is 1.60 bits per heavy atom. The monoisotopic (exact) mass is 367 g/mol. The third-order valence-electron chi connectivity index (χ3n) is 4.82. The van der Waals surface area contributed by atoms with Crippen molar-refractivity contribution in [3.8, 4) is 0 Å². The highest BCUT2D eigenvalue weighted by atomic mass is 35.5. The molecule has 1 aromatic rings. The van der Waals surface area contributed by atoms with Crippen LogP contribution in [0.3, 0.4) is 0 Å². The van der Waals surface area contributed by atoms with Crippen molar-refractivity contribution in [2.45, 2.75) is 26.7 Å². The SMILES string of the molecule is CCN(CC)C(=O)c1ccc(C(=O)N2CCC(CNC)CC2)cc1.Cl. The Kier molecular flexibility index (Phi) is 8.93. The van der Waals surface area contributed by atoms with Crippen molar-refractivity contribution in [3.63, 3.8) is 0 Å². The molecule has 25 heavy (non-hydrogen) atoms. The summed E-state index contributed by atoms with van der Waals surface area (Å²) in [6.45, 7) is 7.96. The maximum Gasteiger partial charge on any atom is 0.253 e. The first-order chi connectivity index (χ1) is 11.6. The standard InChI is InChI=1S/C19H29N3O2.ClH/c1-4-21(5-2)18(23)16-6-8-17(9-7-16)19(24)22-12-10-15(11-13-22)14-20-3;/h6-9,15,20H,4-5,10-14H2,1-3H3;1H. The van der Waals surface area contributed by atoms with E-state index in [-0.39, 0.29) is 24.2 Å². The number of amides is 2. The first kappa shape index (κ1) is 21.5. The van der Waals surface area contributed by atoms with Gasteiger partial charge in [-0.15, -0.1) is 12.4 Å². The molecule has 1 aliphatic rings. The Balaban J connectivity index is 0.00000312. The van der Waals surface area contributed by atoms with Crippen LogP contribution in [0.4, 0.5) is 0 Å². The van der Waals surface area contributed by atoms with Gasteiger partial charge >= 0.3 is 0 Å². The van der Waals surface area contributed by atoms with Crippen molar-refractivity contribution in [3.05, 3.63) is 35.4 Å². The molecular weight excluding hydrogens is 338 g/mol. The van der Waals surface area contributed by atoms with Crippen LogP contribution in [0, 0.1) is 5.92 Å². The van der Waals surface area contributed by atoms with E-state index >= 15 is 0 Å². The Bertz CT molecular complexity index is 550. The van der Waals surface area contributed by atoms with Crippen LogP contribution in [0.5, 0.6) is 0 Å². The van der Waals surface area contributed by atoms with E-state index in [4.69, 9.17) is 0 Å². The molecule has 140 valence electrons. The number of carbonyl (C=O) groups excluding carboxylic acids is 2. The molecule has 0 saturated carbocycles. The Morgan fingerprint density at radius 3 is 2.08 bits per heavy atom. The summed E-state index contributed by atoms with van der Waals surface area (Å²) >= 11 is 0. The van der Waals surface area contributed by atoms with E-state index in [0.717, 1.165) is 32.5 Å². The molecular formula is C19H30ClN3O2. The van der Waals surface area contributed by atoms with Crippen molar-refractivity contribution in [2.75, 3.05) is 39.8 Å². The number of piperidine rings is 1.